The van der Waals surface area contributed by atoms with E-state index in [1.807, 2.05) is 0 Å². The molecule has 1 fully saturated rings. The zero-order valence-corrected chi connectivity index (χ0v) is 11.4. The predicted molar refractivity (Wildman–Crippen MR) is 70.0 cm³/mol. The van der Waals surface area contributed by atoms with E-state index >= 15 is 0 Å². The van der Waals surface area contributed by atoms with Crippen LogP contribution in [0.2, 0.25) is 0 Å². The van der Waals surface area contributed by atoms with E-state index in [0.29, 0.717) is 23.8 Å². The van der Waals surface area contributed by atoms with Gasteiger partial charge in [-0.05, 0) is 12.3 Å². The highest BCUT2D eigenvalue weighted by atomic mass is 32.2. The molecule has 1 aromatic rings. The van der Waals surface area contributed by atoms with E-state index in [-0.39, 0.29) is 29.8 Å². The van der Waals surface area contributed by atoms with Gasteiger partial charge in [-0.15, -0.1) is 11.3 Å². The number of anilines is 1. The van der Waals surface area contributed by atoms with Crippen LogP contribution in [0.25, 0.3) is 0 Å². The van der Waals surface area contributed by atoms with Gasteiger partial charge in [0.1, 0.15) is 0 Å². The van der Waals surface area contributed by atoms with Crippen molar-refractivity contribution in [1.29, 1.82) is 0 Å². The number of aromatic nitrogens is 1. The van der Waals surface area contributed by atoms with Crippen molar-refractivity contribution in [2.24, 2.45) is 5.92 Å². The van der Waals surface area contributed by atoms with Gasteiger partial charge in [-0.25, -0.2) is 13.4 Å². The number of thiazole rings is 1. The minimum atomic E-state index is -2.88. The number of nitrogens with one attached hydrogen (secondary N) is 1. The standard InChI is InChI=1S/C10H15N3O3S2/c11-10-13-8(5-17-10)3-9(14)12-4-7-1-2-18(15,16)6-7/h5,7H,1-4,6H2,(H2,11,13)(H,12,14). The fourth-order valence-corrected chi connectivity index (χ4v) is 4.35. The second kappa shape index (κ2) is 5.23. The monoisotopic (exact) mass is 289 g/mol. The Hall–Kier alpha value is -1.15. The Balaban J connectivity index is 1.76. The van der Waals surface area contributed by atoms with Crippen LogP contribution in [0.1, 0.15) is 12.1 Å². The van der Waals surface area contributed by atoms with Crippen LogP contribution in [0.4, 0.5) is 5.13 Å². The number of amides is 1. The van der Waals surface area contributed by atoms with E-state index < -0.39 is 9.84 Å². The lowest BCUT2D eigenvalue weighted by Gasteiger charge is -2.08. The third-order valence-corrected chi connectivity index (χ3v) is 5.39. The van der Waals surface area contributed by atoms with Crippen LogP contribution in [0.5, 0.6) is 0 Å². The van der Waals surface area contributed by atoms with Gasteiger partial charge in [0.25, 0.3) is 0 Å². The number of hydrogen-bond acceptors (Lipinski definition) is 6. The van der Waals surface area contributed by atoms with Gasteiger partial charge >= 0.3 is 0 Å². The molecule has 3 N–H and O–H groups in total. The smallest absolute Gasteiger partial charge is 0.226 e. The minimum absolute atomic E-state index is 0.0412. The number of carbonyl (C=O) groups is 1. The number of nitrogens with zero attached hydrogens (tertiary/aromatic N) is 1. The summed E-state index contributed by atoms with van der Waals surface area (Å²) < 4.78 is 22.5. The fraction of sp³-hybridized carbons (Fsp3) is 0.600. The van der Waals surface area contributed by atoms with Crippen molar-refractivity contribution < 1.29 is 13.2 Å². The maximum absolute atomic E-state index is 11.6. The zero-order chi connectivity index (χ0) is 13.2. The van der Waals surface area contributed by atoms with Crippen LogP contribution >= 0.6 is 11.3 Å². The second-order valence-corrected chi connectivity index (χ2v) is 7.55. The molecule has 1 amide bonds. The Bertz CT molecular complexity index is 538. The highest BCUT2D eigenvalue weighted by Gasteiger charge is 2.27. The van der Waals surface area contributed by atoms with Crippen molar-refractivity contribution in [3.8, 4) is 0 Å². The Kier molecular flexibility index (Phi) is 3.86. The molecule has 1 aromatic heterocycles. The fourth-order valence-electron chi connectivity index (χ4n) is 1.92. The van der Waals surface area contributed by atoms with Crippen LogP contribution in [-0.4, -0.2) is 37.4 Å². The first-order valence-electron chi connectivity index (χ1n) is 5.61. The molecule has 1 aliphatic rings. The largest absolute Gasteiger partial charge is 0.375 e. The van der Waals surface area contributed by atoms with Crippen LogP contribution in [0, 0.1) is 5.92 Å². The van der Waals surface area contributed by atoms with E-state index in [0.717, 1.165) is 0 Å². The maximum atomic E-state index is 11.6. The highest BCUT2D eigenvalue weighted by Crippen LogP contribution is 2.17. The van der Waals surface area contributed by atoms with Crippen LogP contribution in [0.3, 0.4) is 0 Å². The first-order chi connectivity index (χ1) is 8.44. The molecule has 1 saturated heterocycles. The van der Waals surface area contributed by atoms with Gasteiger partial charge in [0.2, 0.25) is 5.91 Å². The van der Waals surface area contributed by atoms with Crippen LogP contribution < -0.4 is 11.1 Å². The lowest BCUT2D eigenvalue weighted by atomic mass is 10.1. The van der Waals surface area contributed by atoms with E-state index in [1.54, 1.807) is 5.38 Å². The number of carbonyl (C=O) groups excluding carboxylic acids is 1. The molecule has 1 unspecified atom stereocenters. The molecular formula is C10H15N3O3S2. The number of rotatable bonds is 4. The molecular weight excluding hydrogens is 274 g/mol. The summed E-state index contributed by atoms with van der Waals surface area (Å²) in [5, 5.41) is 4.93. The molecule has 100 valence electrons. The van der Waals surface area contributed by atoms with Crippen LogP contribution in [0.15, 0.2) is 5.38 Å². The predicted octanol–water partition coefficient (Wildman–Crippen LogP) is -0.181. The zero-order valence-electron chi connectivity index (χ0n) is 9.76. The Morgan fingerprint density at radius 2 is 2.39 bits per heavy atom. The van der Waals surface area contributed by atoms with Crippen molar-refractivity contribution in [3.05, 3.63) is 11.1 Å². The van der Waals surface area contributed by atoms with Gasteiger partial charge in [-0.3, -0.25) is 4.79 Å². The SMILES string of the molecule is Nc1nc(CC(=O)NCC2CCS(=O)(=O)C2)cs1. The van der Waals surface area contributed by atoms with Crippen molar-refractivity contribution >= 4 is 32.2 Å². The van der Waals surface area contributed by atoms with Crippen molar-refractivity contribution in [2.45, 2.75) is 12.8 Å². The molecule has 0 saturated carbocycles. The average Bonchev–Trinajstić information content (AvgIpc) is 2.82. The second-order valence-electron chi connectivity index (χ2n) is 4.43. The molecule has 0 aromatic carbocycles. The summed E-state index contributed by atoms with van der Waals surface area (Å²) in [5.74, 6) is 0.302. The molecule has 0 aliphatic carbocycles. The first kappa shape index (κ1) is 13.3. The molecule has 6 nitrogen and oxygen atoms in total. The lowest BCUT2D eigenvalue weighted by molar-refractivity contribution is -0.120. The summed E-state index contributed by atoms with van der Waals surface area (Å²) in [6.07, 6.45) is 0.819. The minimum Gasteiger partial charge on any atom is -0.375 e. The van der Waals surface area contributed by atoms with Crippen LogP contribution in [-0.2, 0) is 21.1 Å². The molecule has 0 bridgehead atoms. The molecule has 2 rings (SSSR count). The molecule has 0 radical (unpaired) electrons. The Morgan fingerprint density at radius 3 is 2.94 bits per heavy atom. The highest BCUT2D eigenvalue weighted by molar-refractivity contribution is 7.91. The summed E-state index contributed by atoms with van der Waals surface area (Å²) in [7, 11) is -2.88. The third kappa shape index (κ3) is 3.67. The van der Waals surface area contributed by atoms with Gasteiger partial charge in [0.05, 0.1) is 23.6 Å². The number of sulfone groups is 1. The van der Waals surface area contributed by atoms with Crippen molar-refractivity contribution in [1.82, 2.24) is 10.3 Å². The summed E-state index contributed by atoms with van der Waals surface area (Å²) in [4.78, 5) is 15.6. The maximum Gasteiger partial charge on any atom is 0.226 e. The topological polar surface area (TPSA) is 102 Å². The average molecular weight is 289 g/mol. The summed E-state index contributed by atoms with van der Waals surface area (Å²) in [6, 6.07) is 0. The van der Waals surface area contributed by atoms with E-state index in [2.05, 4.69) is 10.3 Å². The summed E-state index contributed by atoms with van der Waals surface area (Å²) in [5.41, 5.74) is 6.11. The lowest BCUT2D eigenvalue weighted by Crippen LogP contribution is -2.31. The van der Waals surface area contributed by atoms with Crippen molar-refractivity contribution in [3.63, 3.8) is 0 Å². The molecule has 0 spiro atoms. The third-order valence-electron chi connectivity index (χ3n) is 2.83. The van der Waals surface area contributed by atoms with Crippen molar-refractivity contribution in [2.75, 3.05) is 23.8 Å². The van der Waals surface area contributed by atoms with Gasteiger partial charge in [-0.1, -0.05) is 0 Å². The molecule has 2 heterocycles. The normalized spacial score (nSPS) is 21.9. The molecule has 18 heavy (non-hydrogen) atoms. The van der Waals surface area contributed by atoms with E-state index in [1.165, 1.54) is 11.3 Å². The van der Waals surface area contributed by atoms with E-state index in [9.17, 15) is 13.2 Å². The summed E-state index contributed by atoms with van der Waals surface area (Å²) >= 11 is 1.30. The molecule has 1 aliphatic heterocycles. The molecule has 1 atom stereocenters. The van der Waals surface area contributed by atoms with Gasteiger partial charge < -0.3 is 11.1 Å². The Labute approximate surface area is 110 Å². The summed E-state index contributed by atoms with van der Waals surface area (Å²) in [6.45, 7) is 0.414. The van der Waals surface area contributed by atoms with Gasteiger partial charge in [-0.2, -0.15) is 0 Å². The van der Waals surface area contributed by atoms with E-state index in [4.69, 9.17) is 5.73 Å². The number of nitrogen functional groups attached to an aromatic ring is 1. The van der Waals surface area contributed by atoms with Gasteiger partial charge in [0.15, 0.2) is 15.0 Å². The number of hydrogen-bond donors (Lipinski definition) is 2. The first-order valence-corrected chi connectivity index (χ1v) is 8.32. The Morgan fingerprint density at radius 1 is 1.61 bits per heavy atom. The van der Waals surface area contributed by atoms with Gasteiger partial charge in [0, 0.05) is 11.9 Å². The quantitative estimate of drug-likeness (QED) is 0.800. The molecule has 8 heteroatoms. The number of nitrogens with two attached hydrogens (primary N) is 1.